The first kappa shape index (κ1) is 16.5. The van der Waals surface area contributed by atoms with Crippen LogP contribution in [0, 0.1) is 5.92 Å². The van der Waals surface area contributed by atoms with Gasteiger partial charge in [-0.15, -0.1) is 5.10 Å². The largest absolute Gasteiger partial charge is 0.463 e. The van der Waals surface area contributed by atoms with Gasteiger partial charge in [-0.2, -0.15) is 0 Å². The summed E-state index contributed by atoms with van der Waals surface area (Å²) in [7, 11) is 0. The van der Waals surface area contributed by atoms with Gasteiger partial charge in [0.2, 0.25) is 5.88 Å². The number of rotatable bonds is 6. The number of ether oxygens (including phenoxy) is 1. The minimum atomic E-state index is -0.603. The minimum Gasteiger partial charge on any atom is -0.463 e. The molecule has 1 N–H and O–H groups in total. The molecule has 0 fully saturated rings. The number of para-hydroxylation sites is 1. The zero-order chi connectivity index (χ0) is 16.1. The van der Waals surface area contributed by atoms with E-state index in [1.807, 2.05) is 50.4 Å². The summed E-state index contributed by atoms with van der Waals surface area (Å²) in [6.45, 7) is 6.43. The first-order valence-corrected chi connectivity index (χ1v) is 8.01. The van der Waals surface area contributed by atoms with Crippen LogP contribution < -0.4 is 10.1 Å². The summed E-state index contributed by atoms with van der Waals surface area (Å²) in [5.41, 5.74) is 0.926. The molecule has 2 aromatic rings. The maximum Gasteiger partial charge on any atom is 0.260 e. The van der Waals surface area contributed by atoms with Crippen LogP contribution in [0.25, 0.3) is 5.69 Å². The number of nitrogens with one attached hydrogen (secondary N) is 1. The lowest BCUT2D eigenvalue weighted by molar-refractivity contribution is -0.127. The second-order valence-electron chi connectivity index (χ2n) is 5.46. The van der Waals surface area contributed by atoms with Gasteiger partial charge in [-0.3, -0.25) is 4.79 Å². The van der Waals surface area contributed by atoms with Gasteiger partial charge in [0.25, 0.3) is 5.91 Å². The Kier molecular flexibility index (Phi) is 5.60. The fourth-order valence-electron chi connectivity index (χ4n) is 1.80. The van der Waals surface area contributed by atoms with E-state index < -0.39 is 6.10 Å². The molecule has 0 spiro atoms. The van der Waals surface area contributed by atoms with Gasteiger partial charge in [-0.25, -0.2) is 4.68 Å². The van der Waals surface area contributed by atoms with E-state index in [1.165, 1.54) is 0 Å². The van der Waals surface area contributed by atoms with E-state index in [1.54, 1.807) is 11.6 Å². The molecule has 1 heterocycles. The summed E-state index contributed by atoms with van der Waals surface area (Å²) in [5, 5.41) is 7.21. The Morgan fingerprint density at radius 3 is 2.64 bits per heavy atom. The second-order valence-corrected chi connectivity index (χ2v) is 6.32. The molecule has 0 radical (unpaired) electrons. The van der Waals surface area contributed by atoms with Crippen molar-refractivity contribution in [2.24, 2.45) is 5.92 Å². The van der Waals surface area contributed by atoms with Crippen LogP contribution in [-0.4, -0.2) is 28.3 Å². The quantitative estimate of drug-likeness (QED) is 0.855. The van der Waals surface area contributed by atoms with Crippen LogP contribution >= 0.6 is 15.9 Å². The lowest BCUT2D eigenvalue weighted by Crippen LogP contribution is -2.38. The number of hydrogen-bond donors (Lipinski definition) is 1. The van der Waals surface area contributed by atoms with E-state index in [9.17, 15) is 4.79 Å². The fraction of sp³-hybridized carbons (Fsp3) is 0.375. The van der Waals surface area contributed by atoms with Crippen molar-refractivity contribution in [1.82, 2.24) is 15.1 Å². The zero-order valence-electron chi connectivity index (χ0n) is 12.9. The Bertz CT molecular complexity index is 626. The molecular formula is C16H20BrN3O2. The summed E-state index contributed by atoms with van der Waals surface area (Å²) in [6, 6.07) is 9.71. The molecule has 2 rings (SSSR count). The molecule has 1 amide bonds. The summed E-state index contributed by atoms with van der Waals surface area (Å²) < 4.78 is 8.07. The van der Waals surface area contributed by atoms with Gasteiger partial charge in [0, 0.05) is 12.7 Å². The third-order valence-corrected chi connectivity index (χ3v) is 3.55. The van der Waals surface area contributed by atoms with E-state index in [-0.39, 0.29) is 5.91 Å². The third kappa shape index (κ3) is 4.34. The second kappa shape index (κ2) is 7.45. The molecule has 0 bridgehead atoms. The molecular weight excluding hydrogens is 346 g/mol. The predicted octanol–water partition coefficient (Wildman–Crippen LogP) is 3.17. The lowest BCUT2D eigenvalue weighted by atomic mass is 10.2. The van der Waals surface area contributed by atoms with Crippen molar-refractivity contribution < 1.29 is 9.53 Å². The van der Waals surface area contributed by atoms with Gasteiger partial charge < -0.3 is 10.1 Å². The third-order valence-electron chi connectivity index (χ3n) is 3.00. The number of hydrogen-bond acceptors (Lipinski definition) is 3. The highest BCUT2D eigenvalue weighted by Gasteiger charge is 2.18. The van der Waals surface area contributed by atoms with Crippen LogP contribution in [0.2, 0.25) is 0 Å². The normalized spacial score (nSPS) is 12.2. The molecule has 0 aliphatic rings. The van der Waals surface area contributed by atoms with Crippen molar-refractivity contribution in [3.63, 3.8) is 0 Å². The Hall–Kier alpha value is -1.82. The first-order chi connectivity index (χ1) is 10.5. The van der Waals surface area contributed by atoms with Crippen LogP contribution in [0.4, 0.5) is 0 Å². The molecule has 0 saturated carbocycles. The number of nitrogens with zero attached hydrogens (tertiary/aromatic N) is 2. The van der Waals surface area contributed by atoms with Gasteiger partial charge in [0.15, 0.2) is 6.10 Å². The number of amides is 1. The summed E-state index contributed by atoms with van der Waals surface area (Å²) in [5.74, 6) is 0.658. The van der Waals surface area contributed by atoms with Gasteiger partial charge in [0.1, 0.15) is 0 Å². The average molecular weight is 366 g/mol. The number of halogens is 1. The van der Waals surface area contributed by atoms with Crippen LogP contribution in [0.1, 0.15) is 20.8 Å². The highest BCUT2D eigenvalue weighted by Crippen LogP contribution is 2.25. The molecule has 6 heteroatoms. The maximum absolute atomic E-state index is 12.0. The summed E-state index contributed by atoms with van der Waals surface area (Å²) in [6.07, 6.45) is 1.21. The monoisotopic (exact) mass is 365 g/mol. The summed E-state index contributed by atoms with van der Waals surface area (Å²) in [4.78, 5) is 12.0. The Morgan fingerprint density at radius 2 is 2.00 bits per heavy atom. The van der Waals surface area contributed by atoms with Gasteiger partial charge >= 0.3 is 0 Å². The number of benzene rings is 1. The minimum absolute atomic E-state index is 0.144. The zero-order valence-corrected chi connectivity index (χ0v) is 14.5. The van der Waals surface area contributed by atoms with E-state index in [0.717, 1.165) is 5.69 Å². The molecule has 0 aliphatic carbocycles. The highest BCUT2D eigenvalue weighted by atomic mass is 79.9. The van der Waals surface area contributed by atoms with E-state index in [0.29, 0.717) is 22.8 Å². The maximum atomic E-state index is 12.0. The van der Waals surface area contributed by atoms with Crippen molar-refractivity contribution in [2.75, 3.05) is 6.54 Å². The predicted molar refractivity (Wildman–Crippen MR) is 89.2 cm³/mol. The van der Waals surface area contributed by atoms with Crippen molar-refractivity contribution in [3.05, 3.63) is 41.0 Å². The molecule has 118 valence electrons. The summed E-state index contributed by atoms with van der Waals surface area (Å²) >= 11 is 3.41. The fourth-order valence-corrected chi connectivity index (χ4v) is 2.17. The molecule has 1 aromatic carbocycles. The number of aromatic nitrogens is 2. The Balaban J connectivity index is 2.04. The highest BCUT2D eigenvalue weighted by molar-refractivity contribution is 9.10. The molecule has 0 aliphatic heterocycles. The lowest BCUT2D eigenvalue weighted by Gasteiger charge is -2.14. The molecule has 1 atom stereocenters. The van der Waals surface area contributed by atoms with E-state index in [2.05, 4.69) is 26.3 Å². The van der Waals surface area contributed by atoms with Crippen molar-refractivity contribution in [1.29, 1.82) is 0 Å². The Morgan fingerprint density at radius 1 is 1.32 bits per heavy atom. The van der Waals surface area contributed by atoms with Crippen LogP contribution in [0.3, 0.4) is 0 Å². The molecule has 1 aromatic heterocycles. The molecule has 0 unspecified atom stereocenters. The first-order valence-electron chi connectivity index (χ1n) is 7.22. The van der Waals surface area contributed by atoms with Gasteiger partial charge in [0.05, 0.1) is 10.2 Å². The number of carbonyl (C=O) groups excluding carboxylic acids is 1. The standard InChI is InChI=1S/C16H20BrN3O2/c1-11(2)9-18-15(21)12(3)22-16-14(17)10-20(19-16)13-7-5-4-6-8-13/h4-8,10-12H,9H2,1-3H3,(H,18,21)/t12-/m0/s1. The van der Waals surface area contributed by atoms with Crippen molar-refractivity contribution in [3.8, 4) is 11.6 Å². The van der Waals surface area contributed by atoms with Crippen LogP contribution in [-0.2, 0) is 4.79 Å². The van der Waals surface area contributed by atoms with E-state index >= 15 is 0 Å². The van der Waals surface area contributed by atoms with E-state index in [4.69, 9.17) is 4.74 Å². The SMILES string of the molecule is CC(C)CNC(=O)[C@H](C)Oc1nn(-c2ccccc2)cc1Br. The Labute approximate surface area is 138 Å². The van der Waals surface area contributed by atoms with Crippen molar-refractivity contribution >= 4 is 21.8 Å². The molecule has 5 nitrogen and oxygen atoms in total. The topological polar surface area (TPSA) is 56.1 Å². The van der Waals surface area contributed by atoms with Crippen molar-refractivity contribution in [2.45, 2.75) is 26.9 Å². The van der Waals surface area contributed by atoms with Gasteiger partial charge in [-0.1, -0.05) is 32.0 Å². The average Bonchev–Trinajstić information content (AvgIpc) is 2.86. The van der Waals surface area contributed by atoms with Crippen LogP contribution in [0.5, 0.6) is 5.88 Å². The van der Waals surface area contributed by atoms with Gasteiger partial charge in [-0.05, 0) is 40.9 Å². The molecule has 0 saturated heterocycles. The van der Waals surface area contributed by atoms with Crippen LogP contribution in [0.15, 0.2) is 41.0 Å². The smallest absolute Gasteiger partial charge is 0.260 e. The molecule has 22 heavy (non-hydrogen) atoms. The number of carbonyl (C=O) groups is 1.